The topological polar surface area (TPSA) is 141 Å². The second-order valence-electron chi connectivity index (χ2n) is 13.2. The number of ether oxygens (including phenoxy) is 3. The Hall–Kier alpha value is -4.28. The summed E-state index contributed by atoms with van der Waals surface area (Å²) in [7, 11) is 1.61. The number of hydrogen-bond acceptors (Lipinski definition) is 8. The second-order valence-corrected chi connectivity index (χ2v) is 13.2. The molecule has 0 saturated carbocycles. The van der Waals surface area contributed by atoms with Crippen LogP contribution in [0.3, 0.4) is 0 Å². The van der Waals surface area contributed by atoms with E-state index in [4.69, 9.17) is 19.3 Å². The van der Waals surface area contributed by atoms with Gasteiger partial charge in [0, 0.05) is 24.7 Å². The first-order chi connectivity index (χ1) is 22.3. The number of aliphatic hydroxyl groups excluding tert-OH is 1. The van der Waals surface area contributed by atoms with Gasteiger partial charge in [-0.15, -0.1) is 0 Å². The number of nitrogens with zero attached hydrogens (tertiary/aromatic N) is 2. The Morgan fingerprint density at radius 2 is 1.37 bits per heavy atom. The monoisotopic (exact) mass is 708 g/mol. The molecule has 3 aromatic rings. The van der Waals surface area contributed by atoms with Gasteiger partial charge in [-0.3, -0.25) is 9.78 Å². The van der Waals surface area contributed by atoms with Gasteiger partial charge < -0.3 is 34.5 Å². The number of carbonyl (C=O) groups is 2. The molecule has 1 aromatic carbocycles. The van der Waals surface area contributed by atoms with E-state index in [9.17, 15) is 40.7 Å². The van der Waals surface area contributed by atoms with Crippen molar-refractivity contribution in [1.29, 1.82) is 0 Å². The number of rotatable bonds is 8. The third-order valence-corrected chi connectivity index (χ3v) is 6.35. The summed E-state index contributed by atoms with van der Waals surface area (Å²) in [6.45, 7) is 10.1. The van der Waals surface area contributed by atoms with Gasteiger partial charge in [0.15, 0.2) is 0 Å². The molecule has 274 valence electrons. The van der Waals surface area contributed by atoms with E-state index in [0.717, 1.165) is 10.8 Å². The van der Waals surface area contributed by atoms with E-state index in [2.05, 4.69) is 10.3 Å². The van der Waals surface area contributed by atoms with Gasteiger partial charge in [0.1, 0.15) is 23.6 Å². The maximum absolute atomic E-state index is 13.0. The van der Waals surface area contributed by atoms with E-state index in [1.807, 2.05) is 5.32 Å². The molecule has 2 aromatic heterocycles. The van der Waals surface area contributed by atoms with Crippen molar-refractivity contribution in [3.8, 4) is 5.75 Å². The van der Waals surface area contributed by atoms with E-state index >= 15 is 0 Å². The lowest BCUT2D eigenvalue weighted by Crippen LogP contribution is -2.44. The standard InChI is InChI=1S/C23H26F3N3O4.C9H16F3NO3/c1-13-19-17(8-9-27-13)16-7-6-15(10-18(16)29(5)20(19)30)32-12-14(11-23(24,25)26)28-21(31)33-22(2,3)4;1-8(2,3)16-7(15)13-6(5-14)4-9(10,11)12/h6-10,14H,11-12H2,1-5H3,(H,28,31);6,14H,4-5H2,1-3H3,(H,13,15). The van der Waals surface area contributed by atoms with Crippen LogP contribution in [0, 0.1) is 6.92 Å². The number of pyridine rings is 2. The number of nitrogens with one attached hydrogen (secondary N) is 2. The number of fused-ring (bicyclic) bond motifs is 3. The Morgan fingerprint density at radius 3 is 1.86 bits per heavy atom. The van der Waals surface area contributed by atoms with Crippen LogP contribution in [0.2, 0.25) is 0 Å². The first-order valence-corrected chi connectivity index (χ1v) is 15.0. The molecule has 2 amide bonds. The number of alkyl halides is 6. The minimum absolute atomic E-state index is 0.234. The highest BCUT2D eigenvalue weighted by Crippen LogP contribution is 2.28. The number of aromatic nitrogens is 2. The fraction of sp³-hybridized carbons (Fsp3) is 0.562. The van der Waals surface area contributed by atoms with Crippen molar-refractivity contribution >= 4 is 33.9 Å². The van der Waals surface area contributed by atoms with Crippen LogP contribution in [0.4, 0.5) is 35.9 Å². The summed E-state index contributed by atoms with van der Waals surface area (Å²) in [5, 5.41) is 14.9. The van der Waals surface area contributed by atoms with Gasteiger partial charge in [0.05, 0.1) is 48.1 Å². The molecule has 0 aliphatic carbocycles. The summed E-state index contributed by atoms with van der Waals surface area (Å²) in [5.74, 6) is 0.265. The molecule has 0 spiro atoms. The zero-order valence-electron chi connectivity index (χ0n) is 28.4. The molecular weight excluding hydrogens is 666 g/mol. The van der Waals surface area contributed by atoms with Gasteiger partial charge in [-0.1, -0.05) is 0 Å². The van der Waals surface area contributed by atoms with Gasteiger partial charge >= 0.3 is 24.5 Å². The second kappa shape index (κ2) is 16.0. The highest BCUT2D eigenvalue weighted by Gasteiger charge is 2.34. The van der Waals surface area contributed by atoms with E-state index in [-0.39, 0.29) is 11.3 Å². The normalized spacial score (nSPS) is 13.6. The van der Waals surface area contributed by atoms with Gasteiger partial charge in [0.25, 0.3) is 5.56 Å². The molecule has 49 heavy (non-hydrogen) atoms. The van der Waals surface area contributed by atoms with E-state index in [1.54, 1.807) is 86.0 Å². The molecule has 0 radical (unpaired) electrons. The van der Waals surface area contributed by atoms with Crippen LogP contribution in [0.15, 0.2) is 35.3 Å². The lowest BCUT2D eigenvalue weighted by atomic mass is 10.1. The first kappa shape index (κ1) is 40.9. The van der Waals surface area contributed by atoms with Crippen LogP contribution in [0.5, 0.6) is 5.75 Å². The predicted octanol–water partition coefficient (Wildman–Crippen LogP) is 6.44. The summed E-state index contributed by atoms with van der Waals surface area (Å²) in [6, 6.07) is 3.95. The van der Waals surface area contributed by atoms with Crippen LogP contribution in [-0.2, 0) is 16.5 Å². The predicted molar refractivity (Wildman–Crippen MR) is 169 cm³/mol. The van der Waals surface area contributed by atoms with Crippen molar-refractivity contribution in [2.24, 2.45) is 7.05 Å². The molecule has 0 aliphatic heterocycles. The fourth-order valence-corrected chi connectivity index (χ4v) is 4.46. The number of halogens is 6. The minimum Gasteiger partial charge on any atom is -0.491 e. The Bertz CT molecular complexity index is 1660. The molecule has 2 unspecified atom stereocenters. The van der Waals surface area contributed by atoms with Crippen molar-refractivity contribution in [3.63, 3.8) is 0 Å². The maximum Gasteiger partial charge on any atom is 0.407 e. The molecule has 0 aliphatic rings. The Balaban J connectivity index is 0.000000440. The lowest BCUT2D eigenvalue weighted by Gasteiger charge is -2.24. The number of benzene rings is 1. The maximum atomic E-state index is 13.0. The number of aliphatic hydroxyl groups is 1. The quantitative estimate of drug-likeness (QED) is 0.179. The third kappa shape index (κ3) is 14.0. The molecule has 0 fully saturated rings. The van der Waals surface area contributed by atoms with Gasteiger partial charge in [-0.2, -0.15) is 26.3 Å². The van der Waals surface area contributed by atoms with Gasteiger partial charge in [-0.05, 0) is 72.1 Å². The molecule has 0 saturated heterocycles. The number of alkyl carbamates (subject to hydrolysis) is 2. The van der Waals surface area contributed by atoms with Crippen LogP contribution in [0.25, 0.3) is 21.7 Å². The molecule has 11 nitrogen and oxygen atoms in total. The van der Waals surface area contributed by atoms with Crippen LogP contribution >= 0.6 is 0 Å². The summed E-state index contributed by atoms with van der Waals surface area (Å²) < 4.78 is 91.8. The summed E-state index contributed by atoms with van der Waals surface area (Å²) >= 11 is 0. The van der Waals surface area contributed by atoms with E-state index < -0.39 is 73.9 Å². The molecule has 2 atom stereocenters. The highest BCUT2D eigenvalue weighted by molar-refractivity contribution is 6.06. The third-order valence-electron chi connectivity index (χ3n) is 6.35. The Labute approximate surface area is 278 Å². The number of carbonyl (C=O) groups excluding carboxylic acids is 2. The first-order valence-electron chi connectivity index (χ1n) is 15.0. The SMILES string of the molecule is CC(C)(C)OC(=O)NC(CO)CC(F)(F)F.Cc1nccc2c1c(=O)n(C)c1cc(OCC(CC(F)(F)F)NC(=O)OC(C)(C)C)ccc21. The molecule has 17 heteroatoms. The van der Waals surface area contributed by atoms with Crippen molar-refractivity contribution in [3.05, 3.63) is 46.5 Å². The molecule has 2 heterocycles. The van der Waals surface area contributed by atoms with Crippen LogP contribution in [-0.4, -0.2) is 75.7 Å². The van der Waals surface area contributed by atoms with Crippen molar-refractivity contribution in [2.75, 3.05) is 13.2 Å². The zero-order valence-corrected chi connectivity index (χ0v) is 28.4. The number of amides is 2. The molecule has 3 N–H and O–H groups in total. The van der Waals surface area contributed by atoms with Crippen LogP contribution in [0.1, 0.15) is 60.1 Å². The smallest absolute Gasteiger partial charge is 0.407 e. The Morgan fingerprint density at radius 1 is 0.857 bits per heavy atom. The van der Waals surface area contributed by atoms with Gasteiger partial charge in [0.2, 0.25) is 0 Å². The summed E-state index contributed by atoms with van der Waals surface area (Å²) in [4.78, 5) is 40.1. The lowest BCUT2D eigenvalue weighted by molar-refractivity contribution is -0.142. The van der Waals surface area contributed by atoms with Gasteiger partial charge in [-0.25, -0.2) is 9.59 Å². The highest BCUT2D eigenvalue weighted by atomic mass is 19.4. The van der Waals surface area contributed by atoms with Crippen molar-refractivity contribution in [2.45, 2.75) is 96.9 Å². The molecular formula is C32H42F6N4O7. The number of aryl methyl sites for hydroxylation is 2. The summed E-state index contributed by atoms with van der Waals surface area (Å²) in [6.07, 6.45) is -11.8. The minimum atomic E-state index is -4.51. The average Bonchev–Trinajstić information content (AvgIpc) is 2.90. The number of hydrogen-bond donors (Lipinski definition) is 3. The zero-order chi connectivity index (χ0) is 37.5. The summed E-state index contributed by atoms with van der Waals surface area (Å²) in [5.41, 5.74) is -0.709. The average molecular weight is 709 g/mol. The molecule has 0 bridgehead atoms. The van der Waals surface area contributed by atoms with E-state index in [0.29, 0.717) is 16.6 Å². The van der Waals surface area contributed by atoms with E-state index in [1.165, 1.54) is 4.57 Å². The Kier molecular flexibility index (Phi) is 13.3. The van der Waals surface area contributed by atoms with Crippen LogP contribution < -0.4 is 20.9 Å². The van der Waals surface area contributed by atoms with Crippen molar-refractivity contribution in [1.82, 2.24) is 20.2 Å². The fourth-order valence-electron chi connectivity index (χ4n) is 4.46. The van der Waals surface area contributed by atoms with Crippen molar-refractivity contribution < 1.29 is 55.2 Å². The molecule has 3 rings (SSSR count). The largest absolute Gasteiger partial charge is 0.491 e.